The number of aliphatic imine (C=N–C) groups is 1. The first kappa shape index (κ1) is 23.4. The van der Waals surface area contributed by atoms with Crippen molar-refractivity contribution >= 4 is 5.96 Å². The van der Waals surface area contributed by atoms with Gasteiger partial charge in [-0.25, -0.2) is 0 Å². The molecule has 0 spiro atoms. The van der Waals surface area contributed by atoms with E-state index in [9.17, 15) is 0 Å². The van der Waals surface area contributed by atoms with E-state index in [4.69, 9.17) is 14.2 Å². The Morgan fingerprint density at radius 1 is 1.28 bits per heavy atom. The van der Waals surface area contributed by atoms with Gasteiger partial charge in [-0.05, 0) is 57.0 Å². The van der Waals surface area contributed by atoms with Crippen LogP contribution in [0, 0.1) is 5.92 Å². The molecule has 1 aliphatic rings. The molecule has 0 aliphatic carbocycles. The third-order valence-electron chi connectivity index (χ3n) is 5.24. The number of guanidine groups is 1. The van der Waals surface area contributed by atoms with Gasteiger partial charge in [0.15, 0.2) is 5.96 Å². The molecule has 0 amide bonds. The molecule has 1 atom stereocenters. The van der Waals surface area contributed by atoms with Gasteiger partial charge in [-0.3, -0.25) is 4.99 Å². The van der Waals surface area contributed by atoms with E-state index >= 15 is 0 Å². The number of hydrogen-bond acceptors (Lipinski definition) is 5. The molecule has 1 fully saturated rings. The molecule has 1 unspecified atom stereocenters. The van der Waals surface area contributed by atoms with Crippen LogP contribution < -0.4 is 15.4 Å². The number of methoxy groups -OCH3 is 1. The standard InChI is InChI=1S/C22H38N4O3/c1-23-22(24-11-6-12-29-17-18-9-13-28-14-10-18)25-16-21(26(2)3)19-7-5-8-20(15-19)27-4/h5,7-8,15,18,21H,6,9-14,16-17H2,1-4H3,(H2,23,24,25). The second-order valence-electron chi connectivity index (χ2n) is 7.62. The zero-order valence-corrected chi connectivity index (χ0v) is 18.4. The summed E-state index contributed by atoms with van der Waals surface area (Å²) < 4.78 is 16.6. The summed E-state index contributed by atoms with van der Waals surface area (Å²) in [6.45, 7) is 4.95. The Morgan fingerprint density at radius 3 is 2.76 bits per heavy atom. The number of ether oxygens (including phenoxy) is 3. The molecule has 2 rings (SSSR count). The predicted octanol–water partition coefficient (Wildman–Crippen LogP) is 2.30. The van der Waals surface area contributed by atoms with Gasteiger partial charge < -0.3 is 29.7 Å². The van der Waals surface area contributed by atoms with E-state index in [0.29, 0.717) is 5.92 Å². The highest BCUT2D eigenvalue weighted by Crippen LogP contribution is 2.22. The predicted molar refractivity (Wildman–Crippen MR) is 118 cm³/mol. The second-order valence-corrected chi connectivity index (χ2v) is 7.62. The van der Waals surface area contributed by atoms with Gasteiger partial charge in [0.1, 0.15) is 5.75 Å². The molecule has 29 heavy (non-hydrogen) atoms. The molecule has 0 aromatic heterocycles. The highest BCUT2D eigenvalue weighted by molar-refractivity contribution is 5.79. The van der Waals surface area contributed by atoms with Crippen molar-refractivity contribution in [1.82, 2.24) is 15.5 Å². The lowest BCUT2D eigenvalue weighted by atomic mass is 10.0. The van der Waals surface area contributed by atoms with E-state index in [2.05, 4.69) is 46.8 Å². The number of rotatable bonds is 11. The third kappa shape index (κ3) is 8.60. The summed E-state index contributed by atoms with van der Waals surface area (Å²) in [4.78, 5) is 6.53. The van der Waals surface area contributed by atoms with E-state index in [0.717, 1.165) is 70.5 Å². The normalized spacial score (nSPS) is 16.7. The molecular formula is C22H38N4O3. The van der Waals surface area contributed by atoms with Crippen molar-refractivity contribution in [2.75, 3.05) is 67.8 Å². The first-order chi connectivity index (χ1) is 14.1. The lowest BCUT2D eigenvalue weighted by molar-refractivity contribution is 0.0203. The molecular weight excluding hydrogens is 368 g/mol. The van der Waals surface area contributed by atoms with Crippen molar-refractivity contribution in [3.8, 4) is 5.75 Å². The van der Waals surface area contributed by atoms with Crippen LogP contribution in [-0.2, 0) is 9.47 Å². The summed E-state index contributed by atoms with van der Waals surface area (Å²) in [6.07, 6.45) is 3.20. The van der Waals surface area contributed by atoms with Gasteiger partial charge in [0.2, 0.25) is 0 Å². The van der Waals surface area contributed by atoms with Crippen molar-refractivity contribution in [3.63, 3.8) is 0 Å². The molecule has 0 radical (unpaired) electrons. The Morgan fingerprint density at radius 2 is 2.07 bits per heavy atom. The number of nitrogens with one attached hydrogen (secondary N) is 2. The molecule has 164 valence electrons. The summed E-state index contributed by atoms with van der Waals surface area (Å²) in [6, 6.07) is 8.41. The second kappa shape index (κ2) is 13.4. The minimum atomic E-state index is 0.214. The fourth-order valence-electron chi connectivity index (χ4n) is 3.41. The van der Waals surface area contributed by atoms with Gasteiger partial charge in [0.05, 0.1) is 13.2 Å². The van der Waals surface area contributed by atoms with E-state index in [1.54, 1.807) is 14.2 Å². The van der Waals surface area contributed by atoms with E-state index in [-0.39, 0.29) is 6.04 Å². The highest BCUT2D eigenvalue weighted by atomic mass is 16.5. The van der Waals surface area contributed by atoms with Crippen molar-refractivity contribution in [3.05, 3.63) is 29.8 Å². The van der Waals surface area contributed by atoms with Gasteiger partial charge >= 0.3 is 0 Å². The van der Waals surface area contributed by atoms with Crippen LogP contribution >= 0.6 is 0 Å². The van der Waals surface area contributed by atoms with Crippen molar-refractivity contribution in [1.29, 1.82) is 0 Å². The monoisotopic (exact) mass is 406 g/mol. The molecule has 1 heterocycles. The zero-order valence-electron chi connectivity index (χ0n) is 18.4. The zero-order chi connectivity index (χ0) is 20.9. The summed E-state index contributed by atoms with van der Waals surface area (Å²) in [5, 5.41) is 6.80. The average molecular weight is 407 g/mol. The van der Waals surface area contributed by atoms with E-state index < -0.39 is 0 Å². The fraction of sp³-hybridized carbons (Fsp3) is 0.682. The Hall–Kier alpha value is -1.83. The number of likely N-dealkylation sites (N-methyl/N-ethyl adjacent to an activating group) is 1. The maximum absolute atomic E-state index is 5.82. The van der Waals surface area contributed by atoms with Crippen molar-refractivity contribution in [2.45, 2.75) is 25.3 Å². The summed E-state index contributed by atoms with van der Waals surface area (Å²) in [5.41, 5.74) is 1.21. The third-order valence-corrected chi connectivity index (χ3v) is 5.24. The van der Waals surface area contributed by atoms with Gasteiger partial charge in [-0.2, -0.15) is 0 Å². The molecule has 1 saturated heterocycles. The quantitative estimate of drug-likeness (QED) is 0.334. The topological polar surface area (TPSA) is 67.4 Å². The Balaban J connectivity index is 1.68. The first-order valence-electron chi connectivity index (χ1n) is 10.5. The van der Waals surface area contributed by atoms with Gasteiger partial charge in [0, 0.05) is 46.6 Å². The Kier molecular flexibility index (Phi) is 10.8. The average Bonchev–Trinajstić information content (AvgIpc) is 2.75. The van der Waals surface area contributed by atoms with Gasteiger partial charge in [0.25, 0.3) is 0 Å². The molecule has 1 aliphatic heterocycles. The number of hydrogen-bond donors (Lipinski definition) is 2. The maximum Gasteiger partial charge on any atom is 0.191 e. The molecule has 1 aromatic rings. The molecule has 2 N–H and O–H groups in total. The Bertz CT molecular complexity index is 603. The van der Waals surface area contributed by atoms with Crippen LogP contribution in [0.4, 0.5) is 0 Å². The van der Waals surface area contributed by atoms with Crippen LogP contribution in [-0.4, -0.2) is 78.6 Å². The molecule has 0 saturated carbocycles. The summed E-state index contributed by atoms with van der Waals surface area (Å²) >= 11 is 0. The first-order valence-corrected chi connectivity index (χ1v) is 10.5. The minimum absolute atomic E-state index is 0.214. The molecule has 7 nitrogen and oxygen atoms in total. The van der Waals surface area contributed by atoms with Crippen molar-refractivity contribution < 1.29 is 14.2 Å². The largest absolute Gasteiger partial charge is 0.497 e. The van der Waals surface area contributed by atoms with Crippen LogP contribution in [0.1, 0.15) is 30.9 Å². The molecule has 7 heteroatoms. The van der Waals surface area contributed by atoms with Crippen molar-refractivity contribution in [2.24, 2.45) is 10.9 Å². The summed E-state index contributed by atoms with van der Waals surface area (Å²) in [5.74, 6) is 2.34. The maximum atomic E-state index is 5.82. The van der Waals surface area contributed by atoms with Crippen LogP contribution in [0.2, 0.25) is 0 Å². The molecule has 1 aromatic carbocycles. The van der Waals surface area contributed by atoms with Gasteiger partial charge in [-0.15, -0.1) is 0 Å². The van der Waals surface area contributed by atoms with Crippen LogP contribution in [0.25, 0.3) is 0 Å². The number of benzene rings is 1. The Labute approximate surface area is 175 Å². The van der Waals surface area contributed by atoms with E-state index in [1.165, 1.54) is 5.56 Å². The summed E-state index contributed by atoms with van der Waals surface area (Å²) in [7, 11) is 7.66. The molecule has 0 bridgehead atoms. The van der Waals surface area contributed by atoms with Gasteiger partial charge in [-0.1, -0.05) is 12.1 Å². The fourth-order valence-corrected chi connectivity index (χ4v) is 3.41. The highest BCUT2D eigenvalue weighted by Gasteiger charge is 2.16. The lowest BCUT2D eigenvalue weighted by Crippen LogP contribution is -2.42. The SMILES string of the molecule is CN=C(NCCCOCC1CCOCC1)NCC(c1cccc(OC)c1)N(C)C. The minimum Gasteiger partial charge on any atom is -0.497 e. The lowest BCUT2D eigenvalue weighted by Gasteiger charge is -2.26. The van der Waals surface area contributed by atoms with Crippen LogP contribution in [0.3, 0.4) is 0 Å². The smallest absolute Gasteiger partial charge is 0.191 e. The van der Waals surface area contributed by atoms with Crippen LogP contribution in [0.15, 0.2) is 29.3 Å². The number of nitrogens with zero attached hydrogens (tertiary/aromatic N) is 2. The van der Waals surface area contributed by atoms with E-state index in [1.807, 2.05) is 12.1 Å². The van der Waals surface area contributed by atoms with Crippen LogP contribution in [0.5, 0.6) is 5.75 Å².